The van der Waals surface area contributed by atoms with Gasteiger partial charge in [0, 0.05) is 18.0 Å². The Bertz CT molecular complexity index is 1260. The summed E-state index contributed by atoms with van der Waals surface area (Å²) in [5, 5.41) is 5.00. The first-order chi connectivity index (χ1) is 15.1. The second-order valence-electron chi connectivity index (χ2n) is 7.83. The molecule has 5 rings (SSSR count). The molecule has 0 spiro atoms. The molecule has 4 aromatic rings. The minimum absolute atomic E-state index is 0.0229. The number of hydrogen-bond donors (Lipinski definition) is 0. The smallest absolute Gasteiger partial charge is 0.191 e. The van der Waals surface area contributed by atoms with Gasteiger partial charge in [-0.1, -0.05) is 66.2 Å². The van der Waals surface area contributed by atoms with Gasteiger partial charge in [0.15, 0.2) is 5.78 Å². The van der Waals surface area contributed by atoms with Gasteiger partial charge in [-0.2, -0.15) is 5.10 Å². The maximum absolute atomic E-state index is 13.2. The third-order valence-corrected chi connectivity index (χ3v) is 5.76. The molecule has 0 N–H and O–H groups in total. The number of anilines is 1. The highest BCUT2D eigenvalue weighted by Crippen LogP contribution is 2.38. The number of carbonyl (C=O) groups is 1. The van der Waals surface area contributed by atoms with Gasteiger partial charge >= 0.3 is 0 Å². The van der Waals surface area contributed by atoms with Crippen LogP contribution in [-0.4, -0.2) is 15.6 Å². The summed E-state index contributed by atoms with van der Waals surface area (Å²) in [5.74, 6) is -0.0229. The van der Waals surface area contributed by atoms with Crippen molar-refractivity contribution in [3.8, 4) is 5.69 Å². The van der Waals surface area contributed by atoms with Gasteiger partial charge in [-0.05, 0) is 43.7 Å². The van der Waals surface area contributed by atoms with E-state index in [0.29, 0.717) is 5.56 Å². The van der Waals surface area contributed by atoms with Gasteiger partial charge in [0.05, 0.1) is 16.9 Å². The average molecular weight is 406 g/mol. The van der Waals surface area contributed by atoms with E-state index in [-0.39, 0.29) is 11.8 Å². The van der Waals surface area contributed by atoms with E-state index >= 15 is 0 Å². The zero-order valence-corrected chi connectivity index (χ0v) is 17.6. The number of rotatable bonds is 3. The van der Waals surface area contributed by atoms with Gasteiger partial charge in [-0.3, -0.25) is 4.79 Å². The van der Waals surface area contributed by atoms with E-state index in [2.05, 4.69) is 48.2 Å². The van der Waals surface area contributed by atoms with E-state index in [0.717, 1.165) is 28.3 Å². The van der Waals surface area contributed by atoms with Gasteiger partial charge in [0.1, 0.15) is 11.7 Å². The first kappa shape index (κ1) is 19.1. The maximum atomic E-state index is 13.2. The van der Waals surface area contributed by atoms with Crippen LogP contribution in [0.3, 0.4) is 0 Å². The molecule has 0 radical (unpaired) electrons. The molecule has 31 heavy (non-hydrogen) atoms. The van der Waals surface area contributed by atoms with Gasteiger partial charge < -0.3 is 4.90 Å². The third kappa shape index (κ3) is 3.36. The second kappa shape index (κ2) is 7.73. The fourth-order valence-corrected chi connectivity index (χ4v) is 4.19. The van der Waals surface area contributed by atoms with Crippen LogP contribution in [0.25, 0.3) is 5.69 Å². The van der Waals surface area contributed by atoms with E-state index in [1.165, 1.54) is 5.56 Å². The lowest BCUT2D eigenvalue weighted by atomic mass is 9.96. The zero-order valence-electron chi connectivity index (χ0n) is 17.6. The maximum Gasteiger partial charge on any atom is 0.191 e. The molecule has 1 unspecified atom stereocenters. The topological polar surface area (TPSA) is 38.1 Å². The average Bonchev–Trinajstić information content (AvgIpc) is 3.07. The Morgan fingerprint density at radius 2 is 1.39 bits per heavy atom. The van der Waals surface area contributed by atoms with Crippen molar-refractivity contribution in [1.82, 2.24) is 9.78 Å². The van der Waals surface area contributed by atoms with E-state index in [1.807, 2.05) is 66.3 Å². The predicted octanol–water partition coefficient (Wildman–Crippen LogP) is 5.80. The molecule has 1 aliphatic rings. The summed E-state index contributed by atoms with van der Waals surface area (Å²) in [6, 6.07) is 28.3. The van der Waals surface area contributed by atoms with Crippen LogP contribution in [0.4, 0.5) is 5.69 Å². The van der Waals surface area contributed by atoms with Crippen LogP contribution in [0.15, 0.2) is 97.2 Å². The normalized spacial score (nSPS) is 15.6. The predicted molar refractivity (Wildman–Crippen MR) is 124 cm³/mol. The minimum Gasteiger partial charge on any atom is -0.335 e. The van der Waals surface area contributed by atoms with Crippen LogP contribution in [0.2, 0.25) is 0 Å². The van der Waals surface area contributed by atoms with Gasteiger partial charge in [-0.15, -0.1) is 0 Å². The van der Waals surface area contributed by atoms with Crippen LogP contribution >= 0.6 is 0 Å². The molecule has 1 aliphatic heterocycles. The lowest BCUT2D eigenvalue weighted by Gasteiger charge is -2.29. The Hall–Kier alpha value is -3.92. The first-order valence-corrected chi connectivity index (χ1v) is 10.4. The van der Waals surface area contributed by atoms with E-state index in [9.17, 15) is 4.79 Å². The molecular weight excluding hydrogens is 382 g/mol. The van der Waals surface area contributed by atoms with Crippen LogP contribution in [0, 0.1) is 13.8 Å². The molecule has 0 aliphatic carbocycles. The van der Waals surface area contributed by atoms with Crippen molar-refractivity contribution < 1.29 is 4.79 Å². The van der Waals surface area contributed by atoms with Crippen molar-refractivity contribution in [3.63, 3.8) is 0 Å². The molecule has 1 aromatic heterocycles. The van der Waals surface area contributed by atoms with E-state index in [1.54, 1.807) is 6.08 Å². The SMILES string of the molecule is Cc1ccc(C2c3nn(-c4ccccc4)c(C)c3C(=O)C=CN2c2ccccc2)cc1. The lowest BCUT2D eigenvalue weighted by Crippen LogP contribution is -2.24. The Labute approximate surface area is 182 Å². The molecular formula is C27H23N3O. The van der Waals surface area contributed by atoms with E-state index < -0.39 is 0 Å². The van der Waals surface area contributed by atoms with Crippen molar-refractivity contribution in [2.75, 3.05) is 4.90 Å². The molecule has 0 amide bonds. The number of ketones is 1. The van der Waals surface area contributed by atoms with Crippen molar-refractivity contribution in [3.05, 3.63) is 125 Å². The number of carbonyl (C=O) groups excluding carboxylic acids is 1. The number of aryl methyl sites for hydroxylation is 1. The van der Waals surface area contributed by atoms with Crippen LogP contribution < -0.4 is 4.90 Å². The number of aromatic nitrogens is 2. The quantitative estimate of drug-likeness (QED) is 0.433. The third-order valence-electron chi connectivity index (χ3n) is 5.76. The highest BCUT2D eigenvalue weighted by atomic mass is 16.1. The molecule has 0 saturated carbocycles. The Balaban J connectivity index is 1.76. The highest BCUT2D eigenvalue weighted by molar-refractivity contribution is 6.07. The molecule has 0 saturated heterocycles. The minimum atomic E-state index is -0.218. The molecule has 0 fully saturated rings. The number of para-hydroxylation sites is 2. The number of hydrogen-bond acceptors (Lipinski definition) is 3. The summed E-state index contributed by atoms with van der Waals surface area (Å²) in [6.45, 7) is 4.05. The zero-order chi connectivity index (χ0) is 21.4. The second-order valence-corrected chi connectivity index (χ2v) is 7.83. The summed E-state index contributed by atoms with van der Waals surface area (Å²) in [6.07, 6.45) is 3.54. The highest BCUT2D eigenvalue weighted by Gasteiger charge is 2.33. The summed E-state index contributed by atoms with van der Waals surface area (Å²) in [4.78, 5) is 15.3. The van der Waals surface area contributed by atoms with Crippen LogP contribution in [0.5, 0.6) is 0 Å². The standard InChI is InChI=1S/C27H23N3O/c1-19-13-15-21(16-14-19)27-26-25(20(2)30(28-26)23-11-7-4-8-12-23)24(31)17-18-29(27)22-9-5-3-6-10-22/h3-18,27H,1-2H3. The Morgan fingerprint density at radius 3 is 2.03 bits per heavy atom. The van der Waals surface area contributed by atoms with Crippen molar-refractivity contribution in [2.24, 2.45) is 0 Å². The van der Waals surface area contributed by atoms with E-state index in [4.69, 9.17) is 5.10 Å². The summed E-state index contributed by atoms with van der Waals surface area (Å²) in [7, 11) is 0. The fraction of sp³-hybridized carbons (Fsp3) is 0.111. The van der Waals surface area contributed by atoms with Crippen molar-refractivity contribution in [2.45, 2.75) is 19.9 Å². The van der Waals surface area contributed by atoms with Gasteiger partial charge in [0.25, 0.3) is 0 Å². The number of benzene rings is 3. The van der Waals surface area contributed by atoms with Crippen molar-refractivity contribution >= 4 is 11.5 Å². The monoisotopic (exact) mass is 405 g/mol. The molecule has 4 nitrogen and oxygen atoms in total. The lowest BCUT2D eigenvalue weighted by molar-refractivity contribution is 0.104. The largest absolute Gasteiger partial charge is 0.335 e. The summed E-state index contributed by atoms with van der Waals surface area (Å²) in [5.41, 5.74) is 6.53. The molecule has 2 heterocycles. The number of allylic oxidation sites excluding steroid dienone is 1. The molecule has 1 atom stereocenters. The summed E-state index contributed by atoms with van der Waals surface area (Å²) >= 11 is 0. The Kier molecular flexibility index (Phi) is 4.75. The number of fused-ring (bicyclic) bond motifs is 1. The molecule has 4 heteroatoms. The molecule has 3 aromatic carbocycles. The first-order valence-electron chi connectivity index (χ1n) is 10.4. The Morgan fingerprint density at radius 1 is 0.774 bits per heavy atom. The fourth-order valence-electron chi connectivity index (χ4n) is 4.19. The van der Waals surface area contributed by atoms with Gasteiger partial charge in [-0.25, -0.2) is 4.68 Å². The van der Waals surface area contributed by atoms with Crippen molar-refractivity contribution in [1.29, 1.82) is 0 Å². The number of nitrogens with zero attached hydrogens (tertiary/aromatic N) is 3. The molecule has 0 bridgehead atoms. The molecule has 152 valence electrons. The summed E-state index contributed by atoms with van der Waals surface area (Å²) < 4.78 is 1.88. The van der Waals surface area contributed by atoms with Crippen LogP contribution in [-0.2, 0) is 0 Å². The van der Waals surface area contributed by atoms with Crippen LogP contribution in [0.1, 0.15) is 38.9 Å². The van der Waals surface area contributed by atoms with Gasteiger partial charge in [0.2, 0.25) is 0 Å².